The SMILES string of the molecule is O=S(=O)(c1cccc(Cl)c1)N1CCN(c2cccc3cccnc23)CC1. The Hall–Kier alpha value is -2.15. The molecule has 0 aliphatic carbocycles. The summed E-state index contributed by atoms with van der Waals surface area (Å²) in [4.78, 5) is 6.93. The second kappa shape index (κ2) is 6.87. The molecule has 1 saturated heterocycles. The molecule has 1 aliphatic heterocycles. The summed E-state index contributed by atoms with van der Waals surface area (Å²) in [6.45, 7) is 2.10. The minimum Gasteiger partial charge on any atom is -0.367 e. The van der Waals surface area contributed by atoms with Crippen molar-refractivity contribution in [2.75, 3.05) is 31.1 Å². The second-order valence-electron chi connectivity index (χ2n) is 6.20. The van der Waals surface area contributed by atoms with Crippen LogP contribution in [0.5, 0.6) is 0 Å². The molecular formula is C19H18ClN3O2S. The fourth-order valence-electron chi connectivity index (χ4n) is 3.29. The Morgan fingerprint density at radius 1 is 0.923 bits per heavy atom. The average Bonchev–Trinajstić information content (AvgIpc) is 2.68. The van der Waals surface area contributed by atoms with Gasteiger partial charge in [0.15, 0.2) is 0 Å². The van der Waals surface area contributed by atoms with Crippen molar-refractivity contribution in [2.24, 2.45) is 0 Å². The number of benzene rings is 2. The van der Waals surface area contributed by atoms with E-state index in [1.54, 1.807) is 24.4 Å². The first kappa shape index (κ1) is 17.3. The normalized spacial score (nSPS) is 16.1. The summed E-state index contributed by atoms with van der Waals surface area (Å²) in [5, 5.41) is 1.51. The maximum absolute atomic E-state index is 12.8. The highest BCUT2D eigenvalue weighted by atomic mass is 35.5. The number of fused-ring (bicyclic) bond motifs is 1. The van der Waals surface area contributed by atoms with Crippen LogP contribution in [0.4, 0.5) is 5.69 Å². The predicted molar refractivity (Wildman–Crippen MR) is 104 cm³/mol. The van der Waals surface area contributed by atoms with Gasteiger partial charge in [-0.1, -0.05) is 35.9 Å². The van der Waals surface area contributed by atoms with Gasteiger partial charge in [-0.3, -0.25) is 4.98 Å². The van der Waals surface area contributed by atoms with Crippen molar-refractivity contribution >= 4 is 38.2 Å². The number of nitrogens with zero attached hydrogens (tertiary/aromatic N) is 3. The fraction of sp³-hybridized carbons (Fsp3) is 0.211. The molecule has 1 fully saturated rings. The van der Waals surface area contributed by atoms with Gasteiger partial charge in [-0.25, -0.2) is 8.42 Å². The van der Waals surface area contributed by atoms with Crippen molar-refractivity contribution in [1.82, 2.24) is 9.29 Å². The summed E-state index contributed by atoms with van der Waals surface area (Å²) in [5.74, 6) is 0. The molecule has 134 valence electrons. The Kier molecular flexibility index (Phi) is 4.56. The van der Waals surface area contributed by atoms with E-state index in [0.29, 0.717) is 31.2 Å². The third kappa shape index (κ3) is 3.16. The van der Waals surface area contributed by atoms with Crippen molar-refractivity contribution in [3.05, 3.63) is 65.8 Å². The number of aromatic nitrogens is 1. The van der Waals surface area contributed by atoms with Gasteiger partial charge in [0.1, 0.15) is 0 Å². The Labute approximate surface area is 157 Å². The van der Waals surface area contributed by atoms with Crippen LogP contribution in [0.3, 0.4) is 0 Å². The van der Waals surface area contributed by atoms with Crippen molar-refractivity contribution in [3.8, 4) is 0 Å². The van der Waals surface area contributed by atoms with E-state index >= 15 is 0 Å². The summed E-state index contributed by atoms with van der Waals surface area (Å²) in [6.07, 6.45) is 1.78. The van der Waals surface area contributed by atoms with Crippen LogP contribution in [0.15, 0.2) is 65.7 Å². The molecule has 0 amide bonds. The van der Waals surface area contributed by atoms with Gasteiger partial charge in [-0.2, -0.15) is 4.31 Å². The van der Waals surface area contributed by atoms with Crippen molar-refractivity contribution in [2.45, 2.75) is 4.90 Å². The van der Waals surface area contributed by atoms with Gasteiger partial charge in [0.25, 0.3) is 0 Å². The summed E-state index contributed by atoms with van der Waals surface area (Å²) in [6, 6.07) is 16.4. The van der Waals surface area contributed by atoms with Gasteiger partial charge in [-0.15, -0.1) is 0 Å². The molecule has 0 unspecified atom stereocenters. The number of hydrogen-bond donors (Lipinski definition) is 0. The van der Waals surface area contributed by atoms with E-state index in [1.807, 2.05) is 30.3 Å². The van der Waals surface area contributed by atoms with E-state index in [-0.39, 0.29) is 4.90 Å². The summed E-state index contributed by atoms with van der Waals surface area (Å²) in [5.41, 5.74) is 1.99. The third-order valence-corrected chi connectivity index (χ3v) is 6.75. The number of para-hydroxylation sites is 1. The molecule has 26 heavy (non-hydrogen) atoms. The van der Waals surface area contributed by atoms with Crippen LogP contribution in [-0.4, -0.2) is 43.9 Å². The van der Waals surface area contributed by atoms with E-state index < -0.39 is 10.0 Å². The highest BCUT2D eigenvalue weighted by molar-refractivity contribution is 7.89. The van der Waals surface area contributed by atoms with E-state index in [4.69, 9.17) is 11.6 Å². The minimum atomic E-state index is -3.53. The van der Waals surface area contributed by atoms with Gasteiger partial charge >= 0.3 is 0 Å². The van der Waals surface area contributed by atoms with E-state index in [9.17, 15) is 8.42 Å². The van der Waals surface area contributed by atoms with Gasteiger partial charge in [0.05, 0.1) is 16.1 Å². The first-order valence-electron chi connectivity index (χ1n) is 8.40. The zero-order valence-corrected chi connectivity index (χ0v) is 15.6. The lowest BCUT2D eigenvalue weighted by Gasteiger charge is -2.35. The zero-order valence-electron chi connectivity index (χ0n) is 14.0. The molecule has 0 atom stereocenters. The predicted octanol–water partition coefficient (Wildman–Crippen LogP) is 3.40. The van der Waals surface area contributed by atoms with Gasteiger partial charge in [-0.05, 0) is 30.3 Å². The number of piperazine rings is 1. The fourth-order valence-corrected chi connectivity index (χ4v) is 5.01. The first-order valence-corrected chi connectivity index (χ1v) is 10.2. The maximum Gasteiger partial charge on any atom is 0.243 e. The van der Waals surface area contributed by atoms with Crippen LogP contribution in [0.2, 0.25) is 5.02 Å². The lowest BCUT2D eigenvalue weighted by molar-refractivity contribution is 0.385. The lowest BCUT2D eigenvalue weighted by atomic mass is 10.1. The highest BCUT2D eigenvalue weighted by Gasteiger charge is 2.29. The molecule has 7 heteroatoms. The summed E-state index contributed by atoms with van der Waals surface area (Å²) in [7, 11) is -3.53. The Balaban J connectivity index is 1.56. The Morgan fingerprint density at radius 3 is 2.42 bits per heavy atom. The van der Waals surface area contributed by atoms with Crippen LogP contribution >= 0.6 is 11.6 Å². The van der Waals surface area contributed by atoms with Crippen LogP contribution < -0.4 is 4.90 Å². The molecule has 2 aromatic carbocycles. The van der Waals surface area contributed by atoms with Gasteiger partial charge in [0.2, 0.25) is 10.0 Å². The van der Waals surface area contributed by atoms with Crippen molar-refractivity contribution in [3.63, 3.8) is 0 Å². The van der Waals surface area contributed by atoms with Crippen molar-refractivity contribution < 1.29 is 8.42 Å². The van der Waals surface area contributed by atoms with Gasteiger partial charge < -0.3 is 4.90 Å². The van der Waals surface area contributed by atoms with Crippen LogP contribution in [0, 0.1) is 0 Å². The highest BCUT2D eigenvalue weighted by Crippen LogP contribution is 2.27. The number of halogens is 1. The Bertz CT molecular complexity index is 1040. The molecular weight excluding hydrogens is 370 g/mol. The molecule has 0 saturated carbocycles. The maximum atomic E-state index is 12.8. The molecule has 0 radical (unpaired) electrons. The number of rotatable bonds is 3. The monoisotopic (exact) mass is 387 g/mol. The molecule has 1 aromatic heterocycles. The van der Waals surface area contributed by atoms with Crippen LogP contribution in [0.1, 0.15) is 0 Å². The number of sulfonamides is 1. The first-order chi connectivity index (χ1) is 12.6. The van der Waals surface area contributed by atoms with E-state index in [0.717, 1.165) is 16.6 Å². The second-order valence-corrected chi connectivity index (χ2v) is 8.58. The van der Waals surface area contributed by atoms with Crippen LogP contribution in [-0.2, 0) is 10.0 Å². The van der Waals surface area contributed by atoms with E-state index in [2.05, 4.69) is 9.88 Å². The Morgan fingerprint density at radius 2 is 1.65 bits per heavy atom. The largest absolute Gasteiger partial charge is 0.367 e. The zero-order chi connectivity index (χ0) is 18.1. The minimum absolute atomic E-state index is 0.241. The number of pyridine rings is 1. The lowest BCUT2D eigenvalue weighted by Crippen LogP contribution is -2.48. The molecule has 0 N–H and O–H groups in total. The third-order valence-electron chi connectivity index (χ3n) is 4.62. The molecule has 3 aromatic rings. The quantitative estimate of drug-likeness (QED) is 0.691. The van der Waals surface area contributed by atoms with E-state index in [1.165, 1.54) is 10.4 Å². The van der Waals surface area contributed by atoms with Crippen molar-refractivity contribution in [1.29, 1.82) is 0 Å². The topological polar surface area (TPSA) is 53.5 Å². The van der Waals surface area contributed by atoms with Gasteiger partial charge in [0, 0.05) is 42.8 Å². The molecule has 2 heterocycles. The molecule has 0 spiro atoms. The number of anilines is 1. The summed E-state index contributed by atoms with van der Waals surface area (Å²) < 4.78 is 27.2. The smallest absolute Gasteiger partial charge is 0.243 e. The van der Waals surface area contributed by atoms with Crippen LogP contribution in [0.25, 0.3) is 10.9 Å². The molecule has 0 bridgehead atoms. The molecule has 4 rings (SSSR count). The number of hydrogen-bond acceptors (Lipinski definition) is 4. The molecule has 5 nitrogen and oxygen atoms in total. The summed E-state index contributed by atoms with van der Waals surface area (Å²) >= 11 is 5.95. The average molecular weight is 388 g/mol. The molecule has 1 aliphatic rings. The standard InChI is InChI=1S/C19H18ClN3O2S/c20-16-6-2-7-17(14-16)26(24,25)23-12-10-22(11-13-23)18-8-1-4-15-5-3-9-21-19(15)18/h1-9,14H,10-13H2.